The van der Waals surface area contributed by atoms with E-state index in [0.29, 0.717) is 73.0 Å². The number of imide groups is 1. The van der Waals surface area contributed by atoms with Crippen LogP contribution in [0.15, 0.2) is 136 Å². The van der Waals surface area contributed by atoms with E-state index >= 15 is 0 Å². The summed E-state index contributed by atoms with van der Waals surface area (Å²) in [7, 11) is -11.0. The van der Waals surface area contributed by atoms with Gasteiger partial charge in [0.1, 0.15) is 16.7 Å². The molecule has 87 heavy (non-hydrogen) atoms. The molecule has 5 aromatic carbocycles. The van der Waals surface area contributed by atoms with Gasteiger partial charge >= 0.3 is 5.51 Å². The van der Waals surface area contributed by atoms with E-state index in [-0.39, 0.29) is 42.2 Å². The Morgan fingerprint density at radius 2 is 1.56 bits per heavy atom. The van der Waals surface area contributed by atoms with Crippen LogP contribution < -0.4 is 30.7 Å². The summed E-state index contributed by atoms with van der Waals surface area (Å²) in [6, 6.07) is 29.7. The lowest BCUT2D eigenvalue weighted by molar-refractivity contribution is -0.136. The quantitative estimate of drug-likeness (QED) is 0.0188. The summed E-state index contributed by atoms with van der Waals surface area (Å²) in [5.41, 5.74) is -0.343. The normalized spacial score (nSPS) is 18.1. The van der Waals surface area contributed by atoms with Crippen LogP contribution in [0.5, 0.6) is 5.75 Å². The third-order valence-electron chi connectivity index (χ3n) is 16.3. The van der Waals surface area contributed by atoms with Gasteiger partial charge in [-0.25, -0.2) is 21.6 Å². The van der Waals surface area contributed by atoms with Gasteiger partial charge in [0.2, 0.25) is 11.8 Å². The molecule has 3 aliphatic heterocycles. The number of carbonyl (C=O) groups is 4. The van der Waals surface area contributed by atoms with Crippen LogP contribution in [-0.2, 0) is 36.0 Å². The van der Waals surface area contributed by atoms with Crippen molar-refractivity contribution < 1.29 is 53.9 Å². The van der Waals surface area contributed by atoms with Gasteiger partial charge in [-0.3, -0.25) is 24.5 Å². The minimum atomic E-state index is -6.12. The van der Waals surface area contributed by atoms with Crippen molar-refractivity contribution in [3.8, 4) is 5.75 Å². The van der Waals surface area contributed by atoms with Crippen molar-refractivity contribution >= 4 is 83.8 Å². The number of amides is 4. The fourth-order valence-corrected chi connectivity index (χ4v) is 14.6. The lowest BCUT2D eigenvalue weighted by atomic mass is 9.73. The number of alkyl halides is 3. The fourth-order valence-electron chi connectivity index (χ4n) is 11.4. The maximum atomic E-state index is 14.5. The topological polar surface area (TPSA) is 216 Å². The number of nitrogens with zero attached hydrogens (tertiary/aromatic N) is 3. The minimum absolute atomic E-state index is 0.0544. The Labute approximate surface area is 516 Å². The van der Waals surface area contributed by atoms with E-state index in [2.05, 4.69) is 57.0 Å². The summed E-state index contributed by atoms with van der Waals surface area (Å²) >= 11 is 7.60. The molecule has 9 rings (SSSR count). The molecule has 17 nitrogen and oxygen atoms in total. The number of fused-ring (bicyclic) bond motifs is 1. The minimum Gasteiger partial charge on any atom is -0.493 e. The van der Waals surface area contributed by atoms with E-state index in [1.54, 1.807) is 24.3 Å². The second kappa shape index (κ2) is 28.8. The summed E-state index contributed by atoms with van der Waals surface area (Å²) in [6.07, 6.45) is 6.49. The predicted octanol–water partition coefficient (Wildman–Crippen LogP) is 10.0. The molecule has 1 unspecified atom stereocenters. The van der Waals surface area contributed by atoms with Crippen molar-refractivity contribution in [2.45, 2.75) is 110 Å². The van der Waals surface area contributed by atoms with Crippen LogP contribution in [0.3, 0.4) is 0 Å². The Morgan fingerprint density at radius 1 is 0.839 bits per heavy atom. The number of sulfonamides is 1. The van der Waals surface area contributed by atoms with Crippen LogP contribution >= 0.6 is 23.4 Å². The maximum Gasteiger partial charge on any atom is 0.501 e. The summed E-state index contributed by atoms with van der Waals surface area (Å²) in [5.74, 6) is -1.20. The zero-order valence-electron chi connectivity index (χ0n) is 48.7. The average molecular weight is 1280 g/mol. The van der Waals surface area contributed by atoms with Crippen LogP contribution in [0.4, 0.5) is 24.5 Å². The Hall–Kier alpha value is -6.47. The van der Waals surface area contributed by atoms with E-state index in [9.17, 15) is 49.2 Å². The van der Waals surface area contributed by atoms with Crippen molar-refractivity contribution in [3.05, 3.63) is 148 Å². The lowest BCUT2D eigenvalue weighted by Gasteiger charge is -2.35. The molecule has 0 spiro atoms. The molecule has 4 amide bonds. The Bertz CT molecular complexity index is 3530. The van der Waals surface area contributed by atoms with Crippen molar-refractivity contribution in [2.75, 3.05) is 81.9 Å². The van der Waals surface area contributed by atoms with Crippen LogP contribution in [0.1, 0.15) is 103 Å². The molecule has 5 aromatic rings. The van der Waals surface area contributed by atoms with E-state index in [1.807, 2.05) is 53.3 Å². The number of unbranched alkanes of at least 4 members (excludes halogenated alkanes) is 2. The number of ether oxygens (including phenoxy) is 1. The number of benzene rings is 5. The van der Waals surface area contributed by atoms with Gasteiger partial charge in [-0.1, -0.05) is 67.4 Å². The number of halogens is 4. The molecule has 3 heterocycles. The number of nitrogens with one attached hydrogen (secondary N) is 5. The maximum absolute atomic E-state index is 14.5. The number of piperidine rings is 1. The number of allylic oxidation sites excluding steroid dienone is 1. The van der Waals surface area contributed by atoms with Crippen LogP contribution in [-0.4, -0.2) is 144 Å². The highest BCUT2D eigenvalue weighted by atomic mass is 35.5. The lowest BCUT2D eigenvalue weighted by Crippen LogP contribution is -2.52. The van der Waals surface area contributed by atoms with Gasteiger partial charge in [0.05, 0.1) is 23.7 Å². The Morgan fingerprint density at radius 3 is 2.28 bits per heavy atom. The predicted molar refractivity (Wildman–Crippen MR) is 332 cm³/mol. The first-order valence-electron chi connectivity index (χ1n) is 29.4. The first-order chi connectivity index (χ1) is 41.5. The van der Waals surface area contributed by atoms with Gasteiger partial charge in [0, 0.05) is 103 Å². The molecule has 2 saturated heterocycles. The van der Waals surface area contributed by atoms with Gasteiger partial charge in [-0.05, 0) is 153 Å². The largest absolute Gasteiger partial charge is 0.501 e. The first kappa shape index (κ1) is 65.0. The monoisotopic (exact) mass is 1270 g/mol. The highest BCUT2D eigenvalue weighted by Gasteiger charge is 2.49. The summed E-state index contributed by atoms with van der Waals surface area (Å²) < 4.78 is 105. The second-order valence-corrected chi connectivity index (χ2v) is 28.3. The number of hydrogen-bond donors (Lipinski definition) is 5. The SMILES string of the molecule is CC1(C)CCC(c2ccc(Cl)cc2)=C(CNCCNc2ccc(C(=O)NS(=O)(=O)c3ccc(N[C@H](CCN4CCN(CCCCCOc5cccc6c5CN(C5CCC(=O)NC5=O)C6=O)CC4)CSc4ccccc4)c(S(=O)(=O)C(F)(F)F)c3)cc2)C1. The molecular formula is C63H74ClF3N8O9S3. The third kappa shape index (κ3) is 17.0. The summed E-state index contributed by atoms with van der Waals surface area (Å²) in [4.78, 5) is 55.7. The average Bonchev–Trinajstić information content (AvgIpc) is 1.88. The van der Waals surface area contributed by atoms with Crippen LogP contribution in [0.2, 0.25) is 5.02 Å². The van der Waals surface area contributed by atoms with Crippen molar-refractivity contribution in [2.24, 2.45) is 5.41 Å². The number of anilines is 2. The molecule has 1 aliphatic carbocycles. The molecule has 5 N–H and O–H groups in total. The van der Waals surface area contributed by atoms with E-state index < -0.39 is 64.7 Å². The van der Waals surface area contributed by atoms with Gasteiger partial charge in [0.25, 0.3) is 31.7 Å². The number of rotatable bonds is 27. The first-order valence-corrected chi connectivity index (χ1v) is 33.7. The van der Waals surface area contributed by atoms with Crippen molar-refractivity contribution in [3.63, 3.8) is 0 Å². The molecule has 0 aromatic heterocycles. The third-order valence-corrected chi connectivity index (χ3v) is 20.6. The fraction of sp³-hybridized carbons (Fsp3) is 0.429. The van der Waals surface area contributed by atoms with Gasteiger partial charge < -0.3 is 35.4 Å². The summed E-state index contributed by atoms with van der Waals surface area (Å²) in [5, 5.41) is 12.9. The zero-order valence-corrected chi connectivity index (χ0v) is 51.9. The number of piperazine rings is 1. The molecule has 24 heteroatoms. The number of sulfone groups is 1. The highest BCUT2D eigenvalue weighted by molar-refractivity contribution is 7.99. The van der Waals surface area contributed by atoms with Gasteiger partial charge in [-0.15, -0.1) is 11.8 Å². The molecule has 2 fully saturated rings. The number of carbonyl (C=O) groups excluding carboxylic acids is 4. The van der Waals surface area contributed by atoms with E-state index in [1.165, 1.54) is 45.5 Å². The van der Waals surface area contributed by atoms with Gasteiger partial charge in [0.15, 0.2) is 0 Å². The Balaban J connectivity index is 0.757. The van der Waals surface area contributed by atoms with E-state index in [0.717, 1.165) is 93.8 Å². The summed E-state index contributed by atoms with van der Waals surface area (Å²) in [6.45, 7) is 11.5. The standard InChI is InChI=1S/C63H74ClF3N8O9S3/c1-62(2)28-26-51(43-14-18-46(64)19-15-43)45(39-62)40-68-29-30-69-47-20-16-44(17-21-47)59(77)72-87(82,83)50-22-23-54(57(38-50)86(80,81)63(65,66)67)70-48(42-85-49-10-5-3-6-11-49)27-32-74-35-33-73(34-36-74)31-7-4-8-37-84-56-13-9-12-52-53(56)41-75(61(52)79)55-24-25-58(76)71-60(55)78/h3,5-6,9-23,38,48,55,68-70H,4,7-8,24-37,39-42H2,1-2H3,(H,72,77)(H,71,76,78)/t48-,55?/m1/s1. The van der Waals surface area contributed by atoms with E-state index in [4.69, 9.17) is 16.3 Å². The zero-order chi connectivity index (χ0) is 61.9. The highest BCUT2D eigenvalue weighted by Crippen LogP contribution is 2.43. The van der Waals surface area contributed by atoms with Crippen LogP contribution in [0, 0.1) is 5.41 Å². The molecule has 0 bridgehead atoms. The molecule has 466 valence electrons. The van der Waals surface area contributed by atoms with Gasteiger partial charge in [-0.2, -0.15) is 13.2 Å². The second-order valence-electron chi connectivity index (χ2n) is 23.2. The van der Waals surface area contributed by atoms with Crippen LogP contribution in [0.25, 0.3) is 5.57 Å². The molecule has 4 aliphatic rings. The molecule has 0 radical (unpaired) electrons. The van der Waals surface area contributed by atoms with Crippen molar-refractivity contribution in [1.29, 1.82) is 0 Å². The molecule has 0 saturated carbocycles. The number of thioether (sulfide) groups is 1. The molecular weight excluding hydrogens is 1200 g/mol. The number of hydrogen-bond acceptors (Lipinski definition) is 15. The Kier molecular flexibility index (Phi) is 21.5. The van der Waals surface area contributed by atoms with Crippen molar-refractivity contribution in [1.82, 2.24) is 30.1 Å². The smallest absolute Gasteiger partial charge is 0.493 e. The molecule has 2 atom stereocenters.